The minimum Gasteiger partial charge on any atom is -0.355 e. The Labute approximate surface area is 130 Å². The normalized spacial score (nSPS) is 15.4. The van der Waals surface area contributed by atoms with E-state index < -0.39 is 5.41 Å². The molecular weight excluding hydrogens is 288 g/mol. The molecule has 5 heteroatoms. The van der Waals surface area contributed by atoms with Crippen LogP contribution in [0, 0.1) is 12.3 Å². The van der Waals surface area contributed by atoms with Crippen molar-refractivity contribution >= 4 is 29.1 Å². The third-order valence-electron chi connectivity index (χ3n) is 3.95. The molecule has 2 N–H and O–H groups in total. The highest BCUT2D eigenvalue weighted by atomic mass is 35.5. The summed E-state index contributed by atoms with van der Waals surface area (Å²) < 4.78 is 0. The molecule has 1 saturated carbocycles. The molecule has 0 saturated heterocycles. The molecule has 114 valence electrons. The number of nitrogens with one attached hydrogen (secondary N) is 2. The highest BCUT2D eigenvalue weighted by Crippen LogP contribution is 2.47. The van der Waals surface area contributed by atoms with Crippen LogP contribution in [0.4, 0.5) is 5.69 Å². The summed E-state index contributed by atoms with van der Waals surface area (Å²) in [6.45, 7) is 4.53. The monoisotopic (exact) mass is 308 g/mol. The van der Waals surface area contributed by atoms with E-state index in [1.54, 1.807) is 18.2 Å². The summed E-state index contributed by atoms with van der Waals surface area (Å²) >= 11 is 6.04. The van der Waals surface area contributed by atoms with Crippen LogP contribution in [0.5, 0.6) is 0 Å². The van der Waals surface area contributed by atoms with Crippen molar-refractivity contribution < 1.29 is 9.59 Å². The first-order valence-corrected chi connectivity index (χ1v) is 7.74. The minimum atomic E-state index is -0.886. The quantitative estimate of drug-likeness (QED) is 0.626. The predicted molar refractivity (Wildman–Crippen MR) is 84.4 cm³/mol. The number of hydrogen-bond acceptors (Lipinski definition) is 2. The summed E-state index contributed by atoms with van der Waals surface area (Å²) in [4.78, 5) is 24.6. The van der Waals surface area contributed by atoms with Crippen molar-refractivity contribution in [3.8, 4) is 0 Å². The fourth-order valence-electron chi connectivity index (χ4n) is 2.21. The Hall–Kier alpha value is -1.55. The Bertz CT molecular complexity index is 553. The van der Waals surface area contributed by atoms with Gasteiger partial charge >= 0.3 is 0 Å². The van der Waals surface area contributed by atoms with E-state index in [1.807, 2.05) is 6.92 Å². The first kappa shape index (κ1) is 15.8. The molecule has 1 aliphatic carbocycles. The maximum Gasteiger partial charge on any atom is 0.240 e. The lowest BCUT2D eigenvalue weighted by atomic mass is 10.0. The van der Waals surface area contributed by atoms with Crippen LogP contribution in [0.1, 0.15) is 38.2 Å². The largest absolute Gasteiger partial charge is 0.355 e. The summed E-state index contributed by atoms with van der Waals surface area (Å²) in [5.74, 6) is -0.394. The van der Waals surface area contributed by atoms with Crippen LogP contribution in [-0.4, -0.2) is 18.4 Å². The van der Waals surface area contributed by atoms with Gasteiger partial charge in [0.2, 0.25) is 11.8 Å². The zero-order valence-electron chi connectivity index (χ0n) is 12.5. The second kappa shape index (κ2) is 6.48. The Morgan fingerprint density at radius 3 is 2.62 bits per heavy atom. The van der Waals surface area contributed by atoms with E-state index in [1.165, 1.54) is 0 Å². The Morgan fingerprint density at radius 1 is 1.29 bits per heavy atom. The third-order valence-corrected chi connectivity index (χ3v) is 4.36. The van der Waals surface area contributed by atoms with Gasteiger partial charge in [-0.05, 0) is 43.9 Å². The molecule has 4 nitrogen and oxygen atoms in total. The molecular formula is C16H21ClN2O2. The van der Waals surface area contributed by atoms with E-state index in [-0.39, 0.29) is 11.8 Å². The van der Waals surface area contributed by atoms with Crippen LogP contribution in [0.2, 0.25) is 5.02 Å². The van der Waals surface area contributed by atoms with Gasteiger partial charge in [-0.25, -0.2) is 0 Å². The third kappa shape index (κ3) is 3.38. The SMILES string of the molecule is CCCCNC(=O)C1(C(=O)Nc2cccc(Cl)c2C)CC1. The second-order valence-corrected chi connectivity index (χ2v) is 5.97. The number of halogens is 1. The molecule has 1 fully saturated rings. The van der Waals surface area contributed by atoms with Crippen LogP contribution in [0.15, 0.2) is 18.2 Å². The molecule has 1 aliphatic rings. The van der Waals surface area contributed by atoms with Crippen molar-refractivity contribution in [1.82, 2.24) is 5.32 Å². The van der Waals surface area contributed by atoms with Crippen molar-refractivity contribution in [2.45, 2.75) is 39.5 Å². The van der Waals surface area contributed by atoms with E-state index in [9.17, 15) is 9.59 Å². The molecule has 0 spiro atoms. The molecule has 2 rings (SSSR count). The van der Waals surface area contributed by atoms with Gasteiger partial charge in [0.05, 0.1) is 0 Å². The molecule has 1 aromatic rings. The van der Waals surface area contributed by atoms with Gasteiger partial charge in [-0.3, -0.25) is 9.59 Å². The summed E-state index contributed by atoms with van der Waals surface area (Å²) in [5.41, 5.74) is 0.595. The zero-order chi connectivity index (χ0) is 15.5. The molecule has 0 unspecified atom stereocenters. The van der Waals surface area contributed by atoms with E-state index in [2.05, 4.69) is 17.6 Å². The van der Waals surface area contributed by atoms with E-state index in [0.717, 1.165) is 18.4 Å². The first-order valence-electron chi connectivity index (χ1n) is 7.36. The average Bonchev–Trinajstić information content (AvgIpc) is 3.25. The average molecular weight is 309 g/mol. The molecule has 0 aromatic heterocycles. The fourth-order valence-corrected chi connectivity index (χ4v) is 2.39. The number of amides is 2. The van der Waals surface area contributed by atoms with Crippen molar-refractivity contribution in [3.05, 3.63) is 28.8 Å². The van der Waals surface area contributed by atoms with E-state index in [4.69, 9.17) is 11.6 Å². The van der Waals surface area contributed by atoms with Crippen LogP contribution in [-0.2, 0) is 9.59 Å². The maximum atomic E-state index is 12.4. The number of carbonyl (C=O) groups excluding carboxylic acids is 2. The van der Waals surface area contributed by atoms with Gasteiger partial charge in [0.1, 0.15) is 5.41 Å². The number of carbonyl (C=O) groups is 2. The van der Waals surface area contributed by atoms with Crippen LogP contribution >= 0.6 is 11.6 Å². The summed E-state index contributed by atoms with van der Waals surface area (Å²) in [6, 6.07) is 5.35. The van der Waals surface area contributed by atoms with Gasteiger partial charge < -0.3 is 10.6 Å². The smallest absolute Gasteiger partial charge is 0.240 e. The number of rotatable bonds is 6. The van der Waals surface area contributed by atoms with Gasteiger partial charge in [-0.2, -0.15) is 0 Å². The maximum absolute atomic E-state index is 12.4. The van der Waals surface area contributed by atoms with Crippen molar-refractivity contribution in [1.29, 1.82) is 0 Å². The Balaban J connectivity index is 2.02. The molecule has 21 heavy (non-hydrogen) atoms. The van der Waals surface area contributed by atoms with E-state index in [0.29, 0.717) is 30.1 Å². The lowest BCUT2D eigenvalue weighted by Gasteiger charge is -2.16. The van der Waals surface area contributed by atoms with Crippen molar-refractivity contribution in [2.24, 2.45) is 5.41 Å². The fraction of sp³-hybridized carbons (Fsp3) is 0.500. The Morgan fingerprint density at radius 2 is 2.00 bits per heavy atom. The lowest BCUT2D eigenvalue weighted by Crippen LogP contribution is -2.40. The van der Waals surface area contributed by atoms with Gasteiger partial charge in [0.25, 0.3) is 0 Å². The number of unbranched alkanes of at least 4 members (excludes halogenated alkanes) is 1. The highest BCUT2D eigenvalue weighted by molar-refractivity contribution is 6.31. The van der Waals surface area contributed by atoms with Gasteiger partial charge in [0.15, 0.2) is 0 Å². The summed E-state index contributed by atoms with van der Waals surface area (Å²) in [7, 11) is 0. The van der Waals surface area contributed by atoms with Gasteiger partial charge in [-0.1, -0.05) is 31.0 Å². The van der Waals surface area contributed by atoms with Crippen molar-refractivity contribution in [3.63, 3.8) is 0 Å². The first-order chi connectivity index (χ1) is 10.0. The lowest BCUT2D eigenvalue weighted by molar-refractivity contribution is -0.134. The van der Waals surface area contributed by atoms with Gasteiger partial charge in [0, 0.05) is 17.3 Å². The molecule has 0 bridgehead atoms. The zero-order valence-corrected chi connectivity index (χ0v) is 13.2. The van der Waals surface area contributed by atoms with Crippen LogP contribution in [0.3, 0.4) is 0 Å². The molecule has 1 aromatic carbocycles. The number of benzene rings is 1. The molecule has 0 atom stereocenters. The highest BCUT2D eigenvalue weighted by Gasteiger charge is 2.56. The minimum absolute atomic E-state index is 0.159. The predicted octanol–water partition coefficient (Wildman–Crippen LogP) is 3.28. The van der Waals surface area contributed by atoms with Gasteiger partial charge in [-0.15, -0.1) is 0 Å². The summed E-state index contributed by atoms with van der Waals surface area (Å²) in [5, 5.41) is 6.30. The van der Waals surface area contributed by atoms with Crippen LogP contribution < -0.4 is 10.6 Å². The Kier molecular flexibility index (Phi) is 4.88. The standard InChI is InChI=1S/C16H21ClN2O2/c1-3-4-10-18-14(20)16(8-9-16)15(21)19-13-7-5-6-12(17)11(13)2/h5-7H,3-4,8-10H2,1-2H3,(H,18,20)(H,19,21). The van der Waals surface area contributed by atoms with E-state index >= 15 is 0 Å². The molecule has 0 aliphatic heterocycles. The summed E-state index contributed by atoms with van der Waals surface area (Å²) in [6.07, 6.45) is 3.16. The van der Waals surface area contributed by atoms with Crippen LogP contribution in [0.25, 0.3) is 0 Å². The number of hydrogen-bond donors (Lipinski definition) is 2. The molecule has 0 heterocycles. The molecule has 0 radical (unpaired) electrons. The number of anilines is 1. The van der Waals surface area contributed by atoms with Crippen molar-refractivity contribution in [2.75, 3.05) is 11.9 Å². The topological polar surface area (TPSA) is 58.2 Å². The molecule has 2 amide bonds. The second-order valence-electron chi connectivity index (χ2n) is 5.56.